The standard InChI is InChI=1S/C20H22N2O2/c1-3-22-14-13-18-15(5-4-6-19(18)22)7-12-20(23)21-16-8-10-17(24-2)11-9-16/h4-6,8-11,13-14H,3,7,12H2,1-2H3,(H,21,23). The summed E-state index contributed by atoms with van der Waals surface area (Å²) in [6.07, 6.45) is 3.29. The van der Waals surface area contributed by atoms with Crippen molar-refractivity contribution in [3.8, 4) is 5.75 Å². The Morgan fingerprint density at radius 1 is 1.12 bits per heavy atom. The van der Waals surface area contributed by atoms with Gasteiger partial charge in [-0.3, -0.25) is 4.79 Å². The molecule has 24 heavy (non-hydrogen) atoms. The molecule has 0 radical (unpaired) electrons. The summed E-state index contributed by atoms with van der Waals surface area (Å²) >= 11 is 0. The van der Waals surface area contributed by atoms with Crippen LogP contribution < -0.4 is 10.1 Å². The number of carbonyl (C=O) groups is 1. The first-order valence-corrected chi connectivity index (χ1v) is 8.22. The van der Waals surface area contributed by atoms with Crippen molar-refractivity contribution in [1.29, 1.82) is 0 Å². The topological polar surface area (TPSA) is 43.3 Å². The number of benzene rings is 2. The van der Waals surface area contributed by atoms with Gasteiger partial charge in [0, 0.05) is 35.8 Å². The molecular formula is C20H22N2O2. The van der Waals surface area contributed by atoms with Crippen LogP contribution in [0.4, 0.5) is 5.69 Å². The molecule has 0 saturated heterocycles. The van der Waals surface area contributed by atoms with E-state index in [0.29, 0.717) is 6.42 Å². The predicted octanol–water partition coefficient (Wildman–Crippen LogP) is 4.24. The highest BCUT2D eigenvalue weighted by molar-refractivity contribution is 5.91. The Balaban J connectivity index is 1.64. The van der Waals surface area contributed by atoms with E-state index in [2.05, 4.69) is 47.3 Å². The molecule has 4 nitrogen and oxygen atoms in total. The molecule has 0 saturated carbocycles. The maximum atomic E-state index is 12.2. The molecule has 0 spiro atoms. The first kappa shape index (κ1) is 16.1. The van der Waals surface area contributed by atoms with Gasteiger partial charge in [-0.15, -0.1) is 0 Å². The van der Waals surface area contributed by atoms with E-state index in [9.17, 15) is 4.79 Å². The molecule has 0 bridgehead atoms. The Hall–Kier alpha value is -2.75. The summed E-state index contributed by atoms with van der Waals surface area (Å²) in [5.41, 5.74) is 3.23. The van der Waals surface area contributed by atoms with Gasteiger partial charge in [0.1, 0.15) is 5.75 Å². The summed E-state index contributed by atoms with van der Waals surface area (Å²) in [6, 6.07) is 15.8. The molecule has 0 atom stereocenters. The van der Waals surface area contributed by atoms with Crippen molar-refractivity contribution in [2.75, 3.05) is 12.4 Å². The summed E-state index contributed by atoms with van der Waals surface area (Å²) in [5, 5.41) is 4.16. The second-order valence-corrected chi connectivity index (χ2v) is 5.73. The SMILES string of the molecule is CCn1ccc2c(CCC(=O)Nc3ccc(OC)cc3)cccc21. The van der Waals surface area contributed by atoms with Crippen molar-refractivity contribution in [3.63, 3.8) is 0 Å². The molecule has 2 aromatic carbocycles. The molecule has 3 aromatic rings. The zero-order valence-corrected chi connectivity index (χ0v) is 14.1. The number of amides is 1. The normalized spacial score (nSPS) is 10.8. The van der Waals surface area contributed by atoms with E-state index in [1.54, 1.807) is 7.11 Å². The lowest BCUT2D eigenvalue weighted by molar-refractivity contribution is -0.116. The van der Waals surface area contributed by atoms with Gasteiger partial charge in [-0.2, -0.15) is 0 Å². The number of rotatable bonds is 6. The number of hydrogen-bond donors (Lipinski definition) is 1. The molecule has 0 aliphatic heterocycles. The third-order valence-electron chi connectivity index (χ3n) is 4.24. The largest absolute Gasteiger partial charge is 0.497 e. The van der Waals surface area contributed by atoms with E-state index in [1.807, 2.05) is 24.3 Å². The van der Waals surface area contributed by atoms with Crippen molar-refractivity contribution in [1.82, 2.24) is 4.57 Å². The molecule has 1 aromatic heterocycles. The van der Waals surface area contributed by atoms with E-state index in [0.717, 1.165) is 24.4 Å². The zero-order chi connectivity index (χ0) is 16.9. The minimum absolute atomic E-state index is 0.0205. The number of nitrogens with zero attached hydrogens (tertiary/aromatic N) is 1. The second-order valence-electron chi connectivity index (χ2n) is 5.73. The molecule has 0 aliphatic carbocycles. The fourth-order valence-corrected chi connectivity index (χ4v) is 2.93. The average Bonchev–Trinajstić information content (AvgIpc) is 3.04. The molecule has 1 N–H and O–H groups in total. The highest BCUT2D eigenvalue weighted by atomic mass is 16.5. The van der Waals surface area contributed by atoms with Crippen LogP contribution in [-0.2, 0) is 17.8 Å². The molecule has 1 heterocycles. The number of methoxy groups -OCH3 is 1. The number of ether oxygens (including phenoxy) is 1. The number of hydrogen-bond acceptors (Lipinski definition) is 2. The molecule has 0 fully saturated rings. The second kappa shape index (κ2) is 7.21. The van der Waals surface area contributed by atoms with Crippen LogP contribution in [0.2, 0.25) is 0 Å². The van der Waals surface area contributed by atoms with Crippen LogP contribution in [0.15, 0.2) is 54.7 Å². The van der Waals surface area contributed by atoms with Crippen molar-refractivity contribution in [3.05, 3.63) is 60.3 Å². The minimum atomic E-state index is 0.0205. The zero-order valence-electron chi connectivity index (χ0n) is 14.1. The van der Waals surface area contributed by atoms with Gasteiger partial charge in [-0.1, -0.05) is 12.1 Å². The van der Waals surface area contributed by atoms with E-state index in [4.69, 9.17) is 4.74 Å². The van der Waals surface area contributed by atoms with Crippen LogP contribution >= 0.6 is 0 Å². The molecule has 1 amide bonds. The first-order chi connectivity index (χ1) is 11.7. The lowest BCUT2D eigenvalue weighted by Crippen LogP contribution is -2.12. The Kier molecular flexibility index (Phi) is 4.85. The van der Waals surface area contributed by atoms with Crippen molar-refractivity contribution >= 4 is 22.5 Å². The number of fused-ring (bicyclic) bond motifs is 1. The van der Waals surface area contributed by atoms with Crippen LogP contribution in [-0.4, -0.2) is 17.6 Å². The van der Waals surface area contributed by atoms with Gasteiger partial charge in [-0.25, -0.2) is 0 Å². The quantitative estimate of drug-likeness (QED) is 0.737. The fraction of sp³-hybridized carbons (Fsp3) is 0.250. The van der Waals surface area contributed by atoms with Gasteiger partial charge in [0.2, 0.25) is 5.91 Å². The van der Waals surface area contributed by atoms with Crippen LogP contribution in [0.3, 0.4) is 0 Å². The minimum Gasteiger partial charge on any atom is -0.497 e. The summed E-state index contributed by atoms with van der Waals surface area (Å²) < 4.78 is 7.34. The molecule has 3 rings (SSSR count). The maximum absolute atomic E-state index is 12.2. The van der Waals surface area contributed by atoms with E-state index >= 15 is 0 Å². The van der Waals surface area contributed by atoms with Crippen molar-refractivity contribution in [2.45, 2.75) is 26.3 Å². The smallest absolute Gasteiger partial charge is 0.224 e. The third-order valence-corrected chi connectivity index (χ3v) is 4.24. The van der Waals surface area contributed by atoms with E-state index < -0.39 is 0 Å². The number of nitrogens with one attached hydrogen (secondary N) is 1. The molecule has 4 heteroatoms. The van der Waals surface area contributed by atoms with Crippen molar-refractivity contribution < 1.29 is 9.53 Å². The number of anilines is 1. The van der Waals surface area contributed by atoms with Crippen LogP contribution in [0, 0.1) is 0 Å². The van der Waals surface area contributed by atoms with Gasteiger partial charge < -0.3 is 14.6 Å². The van der Waals surface area contributed by atoms with Crippen LogP contribution in [0.1, 0.15) is 18.9 Å². The Bertz CT molecular complexity index is 834. The van der Waals surface area contributed by atoms with Crippen LogP contribution in [0.25, 0.3) is 10.9 Å². The molecule has 0 unspecified atom stereocenters. The lowest BCUT2D eigenvalue weighted by Gasteiger charge is -2.08. The van der Waals surface area contributed by atoms with Gasteiger partial charge in [0.15, 0.2) is 0 Å². The number of carbonyl (C=O) groups excluding carboxylic acids is 1. The van der Waals surface area contributed by atoms with E-state index in [1.165, 1.54) is 16.5 Å². The fourth-order valence-electron chi connectivity index (χ4n) is 2.93. The summed E-state index contributed by atoms with van der Waals surface area (Å²) in [5.74, 6) is 0.798. The Morgan fingerprint density at radius 3 is 2.62 bits per heavy atom. The number of aromatic nitrogens is 1. The van der Waals surface area contributed by atoms with Gasteiger partial charge in [0.05, 0.1) is 7.11 Å². The van der Waals surface area contributed by atoms with Crippen molar-refractivity contribution in [2.24, 2.45) is 0 Å². The molecular weight excluding hydrogens is 300 g/mol. The summed E-state index contributed by atoms with van der Waals surface area (Å²) in [7, 11) is 1.63. The average molecular weight is 322 g/mol. The molecule has 124 valence electrons. The number of aryl methyl sites for hydroxylation is 2. The summed E-state index contributed by atoms with van der Waals surface area (Å²) in [4.78, 5) is 12.2. The van der Waals surface area contributed by atoms with Gasteiger partial charge in [-0.05, 0) is 55.3 Å². The molecule has 0 aliphatic rings. The monoisotopic (exact) mass is 322 g/mol. The third kappa shape index (κ3) is 3.43. The Morgan fingerprint density at radius 2 is 1.92 bits per heavy atom. The first-order valence-electron chi connectivity index (χ1n) is 8.22. The van der Waals surface area contributed by atoms with E-state index in [-0.39, 0.29) is 5.91 Å². The lowest BCUT2D eigenvalue weighted by atomic mass is 10.0. The van der Waals surface area contributed by atoms with Gasteiger partial charge >= 0.3 is 0 Å². The Labute approximate surface area is 142 Å². The summed E-state index contributed by atoms with van der Waals surface area (Å²) in [6.45, 7) is 3.08. The predicted molar refractivity (Wildman–Crippen MR) is 97.6 cm³/mol. The van der Waals surface area contributed by atoms with Crippen LogP contribution in [0.5, 0.6) is 5.75 Å². The maximum Gasteiger partial charge on any atom is 0.224 e. The highest BCUT2D eigenvalue weighted by Gasteiger charge is 2.08. The highest BCUT2D eigenvalue weighted by Crippen LogP contribution is 2.22. The van der Waals surface area contributed by atoms with Gasteiger partial charge in [0.25, 0.3) is 0 Å².